The van der Waals surface area contributed by atoms with Crippen LogP contribution < -0.4 is 15.2 Å². The molecule has 0 saturated heterocycles. The van der Waals surface area contributed by atoms with E-state index in [2.05, 4.69) is 0 Å². The van der Waals surface area contributed by atoms with E-state index in [1.54, 1.807) is 26.0 Å². The lowest BCUT2D eigenvalue weighted by Crippen LogP contribution is -2.37. The average Bonchev–Trinajstić information content (AvgIpc) is 2.45. The van der Waals surface area contributed by atoms with Gasteiger partial charge >= 0.3 is 5.97 Å². The van der Waals surface area contributed by atoms with Crippen LogP contribution in [-0.4, -0.2) is 32.4 Å². The standard InChI is InChI=1S/C14H21NO5.ClH/c1-14(2,13(17)20-5)12(15)8-6-9(18-3)11(16)10(7-8)19-4;/h6-7,12,16H,15H2,1-5H3;1H/t12-;/m1./s1. The zero-order chi connectivity index (χ0) is 15.5. The Morgan fingerprint density at radius 1 is 1.19 bits per heavy atom. The number of phenolic OH excluding ortho intramolecular Hbond substituents is 1. The number of ether oxygens (including phenoxy) is 3. The van der Waals surface area contributed by atoms with E-state index < -0.39 is 17.4 Å². The summed E-state index contributed by atoms with van der Waals surface area (Å²) < 4.78 is 14.9. The number of hydrogen-bond donors (Lipinski definition) is 2. The highest BCUT2D eigenvalue weighted by molar-refractivity contribution is 5.85. The minimum atomic E-state index is -0.929. The third kappa shape index (κ3) is 3.71. The first-order valence-corrected chi connectivity index (χ1v) is 6.08. The van der Waals surface area contributed by atoms with E-state index in [4.69, 9.17) is 19.9 Å². The normalized spacial score (nSPS) is 12.1. The molecule has 120 valence electrons. The lowest BCUT2D eigenvalue weighted by atomic mass is 9.81. The maximum atomic E-state index is 11.8. The largest absolute Gasteiger partial charge is 0.502 e. The highest BCUT2D eigenvalue weighted by atomic mass is 35.5. The Morgan fingerprint density at radius 3 is 1.95 bits per heavy atom. The first-order chi connectivity index (χ1) is 9.29. The second-order valence-corrected chi connectivity index (χ2v) is 4.96. The monoisotopic (exact) mass is 319 g/mol. The SMILES string of the molecule is COC(=O)C(C)(C)[C@H](N)c1cc(OC)c(O)c(OC)c1.Cl. The molecule has 21 heavy (non-hydrogen) atoms. The zero-order valence-corrected chi connectivity index (χ0v) is 13.6. The zero-order valence-electron chi connectivity index (χ0n) is 12.8. The number of nitrogens with two attached hydrogens (primary N) is 1. The second-order valence-electron chi connectivity index (χ2n) is 4.96. The Kier molecular flexibility index (Phi) is 6.79. The molecule has 1 aromatic carbocycles. The molecule has 0 amide bonds. The number of esters is 1. The lowest BCUT2D eigenvalue weighted by molar-refractivity contribution is -0.152. The van der Waals surface area contributed by atoms with Gasteiger partial charge in [-0.3, -0.25) is 4.79 Å². The van der Waals surface area contributed by atoms with Crippen molar-refractivity contribution in [1.82, 2.24) is 0 Å². The first-order valence-electron chi connectivity index (χ1n) is 6.08. The van der Waals surface area contributed by atoms with Gasteiger partial charge in [0.1, 0.15) is 0 Å². The minimum Gasteiger partial charge on any atom is -0.502 e. The molecule has 7 heteroatoms. The second kappa shape index (κ2) is 7.38. The molecule has 1 aromatic rings. The third-order valence-corrected chi connectivity index (χ3v) is 3.35. The molecule has 0 aliphatic rings. The van der Waals surface area contributed by atoms with Crippen LogP contribution in [-0.2, 0) is 9.53 Å². The number of benzene rings is 1. The van der Waals surface area contributed by atoms with Crippen molar-refractivity contribution in [2.75, 3.05) is 21.3 Å². The van der Waals surface area contributed by atoms with Gasteiger partial charge < -0.3 is 25.1 Å². The molecule has 0 saturated carbocycles. The topological polar surface area (TPSA) is 91.0 Å². The molecule has 0 unspecified atom stereocenters. The van der Waals surface area contributed by atoms with Crippen molar-refractivity contribution in [3.05, 3.63) is 17.7 Å². The molecule has 0 radical (unpaired) electrons. The molecule has 0 aliphatic carbocycles. The van der Waals surface area contributed by atoms with E-state index >= 15 is 0 Å². The number of rotatable bonds is 5. The van der Waals surface area contributed by atoms with Crippen molar-refractivity contribution in [2.24, 2.45) is 11.1 Å². The molecule has 0 aliphatic heterocycles. The van der Waals surface area contributed by atoms with Gasteiger partial charge in [-0.2, -0.15) is 0 Å². The molecule has 0 bridgehead atoms. The summed E-state index contributed by atoms with van der Waals surface area (Å²) in [4.78, 5) is 11.8. The highest BCUT2D eigenvalue weighted by Gasteiger charge is 2.37. The van der Waals surface area contributed by atoms with Crippen LogP contribution in [0.2, 0.25) is 0 Å². The number of aromatic hydroxyl groups is 1. The fourth-order valence-corrected chi connectivity index (χ4v) is 1.90. The van der Waals surface area contributed by atoms with Gasteiger partial charge in [-0.05, 0) is 31.5 Å². The van der Waals surface area contributed by atoms with Crippen molar-refractivity contribution in [3.8, 4) is 17.2 Å². The van der Waals surface area contributed by atoms with Gasteiger partial charge in [-0.15, -0.1) is 12.4 Å². The number of carbonyl (C=O) groups is 1. The summed E-state index contributed by atoms with van der Waals surface area (Å²) in [5.74, 6) is -0.0660. The van der Waals surface area contributed by atoms with Crippen LogP contribution in [0.3, 0.4) is 0 Å². The first kappa shape index (κ1) is 19.3. The summed E-state index contributed by atoms with van der Waals surface area (Å²) in [6.07, 6.45) is 0. The van der Waals surface area contributed by atoms with Crippen LogP contribution in [0.25, 0.3) is 0 Å². The molecule has 3 N–H and O–H groups in total. The number of methoxy groups -OCH3 is 3. The van der Waals surface area contributed by atoms with Crippen molar-refractivity contribution in [2.45, 2.75) is 19.9 Å². The van der Waals surface area contributed by atoms with Gasteiger partial charge in [0.15, 0.2) is 11.5 Å². The Bertz CT molecular complexity index is 479. The van der Waals surface area contributed by atoms with E-state index in [0.717, 1.165) is 0 Å². The van der Waals surface area contributed by atoms with Crippen molar-refractivity contribution >= 4 is 18.4 Å². The third-order valence-electron chi connectivity index (χ3n) is 3.35. The van der Waals surface area contributed by atoms with E-state index in [1.165, 1.54) is 21.3 Å². The number of halogens is 1. The number of carbonyl (C=O) groups excluding carboxylic acids is 1. The predicted octanol–water partition coefficient (Wildman–Crippen LogP) is 2.03. The van der Waals surface area contributed by atoms with Crippen molar-refractivity contribution in [3.63, 3.8) is 0 Å². The molecule has 6 nitrogen and oxygen atoms in total. The van der Waals surface area contributed by atoms with Crippen LogP contribution in [0.4, 0.5) is 0 Å². The molecule has 0 aromatic heterocycles. The molecular weight excluding hydrogens is 298 g/mol. The quantitative estimate of drug-likeness (QED) is 0.807. The van der Waals surface area contributed by atoms with E-state index in [9.17, 15) is 9.90 Å². The van der Waals surface area contributed by atoms with E-state index in [0.29, 0.717) is 5.56 Å². The summed E-state index contributed by atoms with van der Waals surface area (Å²) >= 11 is 0. The van der Waals surface area contributed by atoms with Gasteiger partial charge in [0, 0.05) is 6.04 Å². The van der Waals surface area contributed by atoms with Crippen molar-refractivity contribution in [1.29, 1.82) is 0 Å². The van der Waals surface area contributed by atoms with Crippen LogP contribution in [0.1, 0.15) is 25.5 Å². The summed E-state index contributed by atoms with van der Waals surface area (Å²) in [5, 5.41) is 9.87. The summed E-state index contributed by atoms with van der Waals surface area (Å²) in [5.41, 5.74) is 5.83. The molecule has 1 atom stereocenters. The maximum absolute atomic E-state index is 11.8. The average molecular weight is 320 g/mol. The predicted molar refractivity (Wildman–Crippen MR) is 81.2 cm³/mol. The van der Waals surface area contributed by atoms with Gasteiger partial charge in [-0.1, -0.05) is 0 Å². The van der Waals surface area contributed by atoms with E-state index in [-0.39, 0.29) is 29.7 Å². The van der Waals surface area contributed by atoms with E-state index in [1.807, 2.05) is 0 Å². The van der Waals surface area contributed by atoms with Gasteiger partial charge in [-0.25, -0.2) is 0 Å². The number of hydrogen-bond acceptors (Lipinski definition) is 6. The fraction of sp³-hybridized carbons (Fsp3) is 0.500. The Balaban J connectivity index is 0.00000400. The molecule has 0 fully saturated rings. The molecule has 1 rings (SSSR count). The Morgan fingerprint density at radius 2 is 1.62 bits per heavy atom. The van der Waals surface area contributed by atoms with Crippen LogP contribution in [0.15, 0.2) is 12.1 Å². The molecular formula is C14H22ClNO5. The van der Waals surface area contributed by atoms with Gasteiger partial charge in [0.25, 0.3) is 0 Å². The highest BCUT2D eigenvalue weighted by Crippen LogP contribution is 2.41. The number of phenols is 1. The Labute approximate surface area is 130 Å². The van der Waals surface area contributed by atoms with Crippen molar-refractivity contribution < 1.29 is 24.1 Å². The van der Waals surface area contributed by atoms with Gasteiger partial charge in [0.2, 0.25) is 5.75 Å². The maximum Gasteiger partial charge on any atom is 0.313 e. The molecule has 0 spiro atoms. The molecule has 0 heterocycles. The fourth-order valence-electron chi connectivity index (χ4n) is 1.90. The van der Waals surface area contributed by atoms with Crippen LogP contribution in [0, 0.1) is 5.41 Å². The summed E-state index contributed by atoms with van der Waals surface area (Å²) in [6, 6.07) is 2.51. The lowest BCUT2D eigenvalue weighted by Gasteiger charge is -2.29. The van der Waals surface area contributed by atoms with Crippen LogP contribution >= 0.6 is 12.4 Å². The smallest absolute Gasteiger partial charge is 0.313 e. The minimum absolute atomic E-state index is 0. The summed E-state index contributed by atoms with van der Waals surface area (Å²) in [6.45, 7) is 3.38. The van der Waals surface area contributed by atoms with Gasteiger partial charge in [0.05, 0.1) is 26.7 Å². The Hall–Kier alpha value is -1.66. The summed E-state index contributed by atoms with van der Waals surface area (Å²) in [7, 11) is 4.17. The van der Waals surface area contributed by atoms with Crippen LogP contribution in [0.5, 0.6) is 17.2 Å².